The van der Waals surface area contributed by atoms with Gasteiger partial charge in [0.15, 0.2) is 11.5 Å². The highest BCUT2D eigenvalue weighted by atomic mass is 19.1. The normalized spacial score (nSPS) is 11.1. The van der Waals surface area contributed by atoms with Gasteiger partial charge in [-0.15, -0.1) is 0 Å². The molecule has 1 aromatic heterocycles. The first-order valence-corrected chi connectivity index (χ1v) is 11.3. The Bertz CT molecular complexity index is 516. The Morgan fingerprint density at radius 2 is 1.50 bits per heavy atom. The zero-order valence-electron chi connectivity index (χ0n) is 17.7. The number of ether oxygens (including phenoxy) is 1. The van der Waals surface area contributed by atoms with Gasteiger partial charge >= 0.3 is 5.97 Å². The molecule has 4 nitrogen and oxygen atoms in total. The predicted molar refractivity (Wildman–Crippen MR) is 112 cm³/mol. The molecule has 0 aliphatic rings. The van der Waals surface area contributed by atoms with Crippen LogP contribution in [0.25, 0.3) is 0 Å². The van der Waals surface area contributed by atoms with E-state index in [1.165, 1.54) is 57.8 Å². The Hall–Kier alpha value is -1.36. The second-order valence-corrected chi connectivity index (χ2v) is 7.71. The van der Waals surface area contributed by atoms with Crippen LogP contribution in [0.3, 0.4) is 0 Å². The summed E-state index contributed by atoms with van der Waals surface area (Å²) in [4.78, 5) is 14.7. The molecule has 0 spiro atoms. The van der Waals surface area contributed by atoms with Crippen molar-refractivity contribution in [1.82, 2.24) is 4.98 Å². The molecule has 0 aliphatic heterocycles. The molecule has 0 amide bonds. The zero-order valence-corrected chi connectivity index (χ0v) is 17.7. The Morgan fingerprint density at radius 3 is 2.11 bits per heavy atom. The molecule has 0 aliphatic carbocycles. The van der Waals surface area contributed by atoms with Crippen molar-refractivity contribution >= 4 is 5.97 Å². The number of rotatable bonds is 18. The molecule has 0 aromatic carbocycles. The molecular formula is C23H40FNO3. The molecule has 0 saturated heterocycles. The van der Waals surface area contributed by atoms with Crippen molar-refractivity contribution in [2.24, 2.45) is 0 Å². The quantitative estimate of drug-likeness (QED) is 0.225. The lowest BCUT2D eigenvalue weighted by atomic mass is 10.0. The van der Waals surface area contributed by atoms with Crippen molar-refractivity contribution in [3.05, 3.63) is 23.3 Å². The smallest absolute Gasteiger partial charge is 0.357 e. The number of hydrogen-bond donors (Lipinski definition) is 2. The number of aliphatic hydroxyl groups is 1. The molecule has 0 saturated carbocycles. The Kier molecular flexibility index (Phi) is 14.6. The van der Waals surface area contributed by atoms with Gasteiger partial charge in [0, 0.05) is 18.4 Å². The molecule has 0 unspecified atom stereocenters. The minimum absolute atomic E-state index is 0.0692. The highest BCUT2D eigenvalue weighted by Crippen LogP contribution is 2.17. The largest absolute Gasteiger partial charge is 0.461 e. The summed E-state index contributed by atoms with van der Waals surface area (Å²) in [6.07, 6.45) is 18.3. The Labute approximate surface area is 170 Å². The summed E-state index contributed by atoms with van der Waals surface area (Å²) in [6.45, 7) is 2.64. The lowest BCUT2D eigenvalue weighted by Gasteiger charge is -2.04. The number of esters is 1. The first kappa shape index (κ1) is 24.7. The van der Waals surface area contributed by atoms with Gasteiger partial charge < -0.3 is 14.8 Å². The van der Waals surface area contributed by atoms with E-state index in [-0.39, 0.29) is 18.9 Å². The van der Waals surface area contributed by atoms with E-state index in [1.807, 2.05) is 0 Å². The third-order valence-electron chi connectivity index (χ3n) is 5.18. The maximum Gasteiger partial charge on any atom is 0.357 e. The molecule has 1 aromatic rings. The standard InChI is InChI=1S/C23H40FNO3/c1-2-3-4-5-6-7-8-9-10-11-13-16-20-19-25-22(21(20)24)23(27)28-18-15-12-14-17-26/h19,25-26H,2-18H2,1H3. The van der Waals surface area contributed by atoms with E-state index in [0.717, 1.165) is 19.3 Å². The van der Waals surface area contributed by atoms with Crippen LogP contribution in [0.4, 0.5) is 4.39 Å². The Morgan fingerprint density at radius 1 is 0.929 bits per heavy atom. The summed E-state index contributed by atoms with van der Waals surface area (Å²) in [5.74, 6) is -1.10. The van der Waals surface area contributed by atoms with E-state index < -0.39 is 11.8 Å². The maximum atomic E-state index is 14.4. The number of nitrogens with one attached hydrogen (secondary N) is 1. The van der Waals surface area contributed by atoms with Crippen molar-refractivity contribution in [2.75, 3.05) is 13.2 Å². The molecule has 0 radical (unpaired) electrons. The highest BCUT2D eigenvalue weighted by molar-refractivity contribution is 5.88. The summed E-state index contributed by atoms with van der Waals surface area (Å²) in [6, 6.07) is 0. The fourth-order valence-corrected chi connectivity index (χ4v) is 3.38. The van der Waals surface area contributed by atoms with Crippen LogP contribution >= 0.6 is 0 Å². The monoisotopic (exact) mass is 397 g/mol. The zero-order chi connectivity index (χ0) is 20.5. The molecular weight excluding hydrogens is 357 g/mol. The minimum Gasteiger partial charge on any atom is -0.461 e. The van der Waals surface area contributed by atoms with E-state index >= 15 is 0 Å². The van der Waals surface area contributed by atoms with Gasteiger partial charge in [-0.3, -0.25) is 0 Å². The third-order valence-corrected chi connectivity index (χ3v) is 5.18. The average Bonchev–Trinajstić information content (AvgIpc) is 3.06. The minimum atomic E-state index is -0.633. The molecule has 1 rings (SSSR count). The molecule has 2 N–H and O–H groups in total. The number of aromatic amines is 1. The number of carbonyl (C=O) groups is 1. The van der Waals surface area contributed by atoms with Crippen molar-refractivity contribution in [3.63, 3.8) is 0 Å². The summed E-state index contributed by atoms with van der Waals surface area (Å²) < 4.78 is 19.4. The van der Waals surface area contributed by atoms with Gasteiger partial charge in [-0.25, -0.2) is 9.18 Å². The summed E-state index contributed by atoms with van der Waals surface area (Å²) in [5.41, 5.74) is 0.503. The lowest BCUT2D eigenvalue weighted by molar-refractivity contribution is 0.0485. The fraction of sp³-hybridized carbons (Fsp3) is 0.783. The summed E-state index contributed by atoms with van der Waals surface area (Å²) >= 11 is 0. The van der Waals surface area contributed by atoms with Crippen LogP contribution in [0.15, 0.2) is 6.20 Å². The van der Waals surface area contributed by atoms with Crippen LogP contribution in [0.1, 0.15) is 113 Å². The number of aromatic nitrogens is 1. The number of H-pyrrole nitrogens is 1. The predicted octanol–water partition coefficient (Wildman–Crippen LogP) is 6.33. The summed E-state index contributed by atoms with van der Waals surface area (Å²) in [5, 5.41) is 8.71. The number of unbranched alkanes of at least 4 members (excludes halogenated alkanes) is 12. The first-order chi connectivity index (χ1) is 13.7. The van der Waals surface area contributed by atoms with Crippen LogP contribution < -0.4 is 0 Å². The topological polar surface area (TPSA) is 62.3 Å². The third kappa shape index (κ3) is 10.8. The van der Waals surface area contributed by atoms with Crippen LogP contribution in [-0.4, -0.2) is 29.3 Å². The van der Waals surface area contributed by atoms with Crippen LogP contribution in [0.5, 0.6) is 0 Å². The number of hydrogen-bond acceptors (Lipinski definition) is 3. The fourth-order valence-electron chi connectivity index (χ4n) is 3.38. The molecule has 0 bridgehead atoms. The lowest BCUT2D eigenvalue weighted by Crippen LogP contribution is -2.09. The number of halogens is 1. The molecule has 5 heteroatoms. The highest BCUT2D eigenvalue weighted by Gasteiger charge is 2.18. The molecule has 28 heavy (non-hydrogen) atoms. The van der Waals surface area contributed by atoms with Gasteiger partial charge in [0.2, 0.25) is 0 Å². The Balaban J connectivity index is 2.10. The molecule has 1 heterocycles. The van der Waals surface area contributed by atoms with E-state index in [1.54, 1.807) is 6.20 Å². The molecule has 0 atom stereocenters. The van der Waals surface area contributed by atoms with Crippen molar-refractivity contribution < 1.29 is 19.0 Å². The van der Waals surface area contributed by atoms with Gasteiger partial charge in [-0.05, 0) is 32.1 Å². The maximum absolute atomic E-state index is 14.4. The second-order valence-electron chi connectivity index (χ2n) is 7.71. The summed E-state index contributed by atoms with van der Waals surface area (Å²) in [7, 11) is 0. The van der Waals surface area contributed by atoms with Gasteiger partial charge in [0.25, 0.3) is 0 Å². The average molecular weight is 398 g/mol. The van der Waals surface area contributed by atoms with Gasteiger partial charge in [-0.1, -0.05) is 71.1 Å². The van der Waals surface area contributed by atoms with E-state index in [9.17, 15) is 9.18 Å². The van der Waals surface area contributed by atoms with E-state index in [4.69, 9.17) is 9.84 Å². The van der Waals surface area contributed by atoms with E-state index in [0.29, 0.717) is 24.8 Å². The van der Waals surface area contributed by atoms with Crippen LogP contribution in [0.2, 0.25) is 0 Å². The molecule has 162 valence electrons. The van der Waals surface area contributed by atoms with Crippen molar-refractivity contribution in [1.29, 1.82) is 0 Å². The van der Waals surface area contributed by atoms with Gasteiger partial charge in [-0.2, -0.15) is 0 Å². The van der Waals surface area contributed by atoms with Crippen molar-refractivity contribution in [3.8, 4) is 0 Å². The van der Waals surface area contributed by atoms with Crippen molar-refractivity contribution in [2.45, 2.75) is 103 Å². The number of aryl methyl sites for hydroxylation is 1. The van der Waals surface area contributed by atoms with E-state index in [2.05, 4.69) is 11.9 Å². The second kappa shape index (κ2) is 16.6. The van der Waals surface area contributed by atoms with Crippen LogP contribution in [-0.2, 0) is 11.2 Å². The van der Waals surface area contributed by atoms with Gasteiger partial charge in [0.1, 0.15) is 0 Å². The van der Waals surface area contributed by atoms with Crippen LogP contribution in [0, 0.1) is 5.82 Å². The SMILES string of the molecule is CCCCCCCCCCCCCc1c[nH]c(C(=O)OCCCCCO)c1F. The number of carbonyl (C=O) groups excluding carboxylic acids is 1. The first-order valence-electron chi connectivity index (χ1n) is 11.3. The number of aliphatic hydroxyl groups excluding tert-OH is 1. The van der Waals surface area contributed by atoms with Gasteiger partial charge in [0.05, 0.1) is 6.61 Å². The molecule has 0 fully saturated rings.